The van der Waals surface area contributed by atoms with Crippen LogP contribution in [0.5, 0.6) is 5.19 Å². The standard InChI is InChI=1S/C7H9NO2S/c1-10-7-8-5-6(11-7)3-2-4-9/h4-5H,2-3H2,1H3. The number of hydrogen-bond acceptors (Lipinski definition) is 4. The Morgan fingerprint density at radius 3 is 3.18 bits per heavy atom. The van der Waals surface area contributed by atoms with Crippen molar-refractivity contribution < 1.29 is 9.53 Å². The lowest BCUT2D eigenvalue weighted by Crippen LogP contribution is -1.79. The van der Waals surface area contributed by atoms with Gasteiger partial charge in [-0.15, -0.1) is 0 Å². The minimum absolute atomic E-state index is 0.561. The van der Waals surface area contributed by atoms with E-state index in [0.717, 1.165) is 17.6 Å². The number of rotatable bonds is 4. The van der Waals surface area contributed by atoms with Crippen molar-refractivity contribution in [2.75, 3.05) is 7.11 Å². The highest BCUT2D eigenvalue weighted by Gasteiger charge is 1.99. The van der Waals surface area contributed by atoms with E-state index < -0.39 is 0 Å². The van der Waals surface area contributed by atoms with Crippen LogP contribution in [0.1, 0.15) is 11.3 Å². The van der Waals surface area contributed by atoms with Gasteiger partial charge in [0.15, 0.2) is 0 Å². The summed E-state index contributed by atoms with van der Waals surface area (Å²) in [5.41, 5.74) is 0. The average molecular weight is 171 g/mol. The maximum absolute atomic E-state index is 10.0. The fraction of sp³-hybridized carbons (Fsp3) is 0.429. The van der Waals surface area contributed by atoms with Gasteiger partial charge in [-0.2, -0.15) is 0 Å². The molecule has 4 heteroatoms. The van der Waals surface area contributed by atoms with Crippen molar-refractivity contribution in [3.8, 4) is 5.19 Å². The van der Waals surface area contributed by atoms with Gasteiger partial charge in [0.1, 0.15) is 6.29 Å². The molecule has 1 heterocycles. The van der Waals surface area contributed by atoms with Crippen molar-refractivity contribution in [2.45, 2.75) is 12.8 Å². The molecular weight excluding hydrogens is 162 g/mol. The second-order valence-corrected chi connectivity index (χ2v) is 3.08. The Kier molecular flexibility index (Phi) is 3.04. The van der Waals surface area contributed by atoms with Crippen LogP contribution in [-0.4, -0.2) is 18.4 Å². The third kappa shape index (κ3) is 2.31. The van der Waals surface area contributed by atoms with E-state index in [0.29, 0.717) is 11.6 Å². The fourth-order valence-electron chi connectivity index (χ4n) is 0.701. The number of carbonyl (C=O) groups excluding carboxylic acids is 1. The quantitative estimate of drug-likeness (QED) is 0.641. The molecule has 0 aliphatic rings. The number of carbonyl (C=O) groups is 1. The first kappa shape index (κ1) is 8.20. The van der Waals surface area contributed by atoms with Crippen LogP contribution in [-0.2, 0) is 11.2 Å². The van der Waals surface area contributed by atoms with E-state index >= 15 is 0 Å². The monoisotopic (exact) mass is 171 g/mol. The van der Waals surface area contributed by atoms with Gasteiger partial charge in [0, 0.05) is 17.5 Å². The zero-order valence-corrected chi connectivity index (χ0v) is 7.06. The molecule has 0 saturated heterocycles. The first-order chi connectivity index (χ1) is 5.36. The Balaban J connectivity index is 2.50. The minimum Gasteiger partial charge on any atom is -0.473 e. The van der Waals surface area contributed by atoms with Gasteiger partial charge in [0.2, 0.25) is 0 Å². The molecule has 0 atom stereocenters. The van der Waals surface area contributed by atoms with Crippen LogP contribution < -0.4 is 4.74 Å². The summed E-state index contributed by atoms with van der Waals surface area (Å²) in [7, 11) is 1.59. The van der Waals surface area contributed by atoms with E-state index in [1.807, 2.05) is 0 Å². The molecular formula is C7H9NO2S. The van der Waals surface area contributed by atoms with E-state index in [9.17, 15) is 4.79 Å². The second kappa shape index (κ2) is 4.08. The Labute approximate surface area is 69.0 Å². The third-order valence-corrected chi connectivity index (χ3v) is 2.23. The largest absolute Gasteiger partial charge is 0.473 e. The summed E-state index contributed by atoms with van der Waals surface area (Å²) < 4.78 is 4.89. The molecule has 0 aromatic carbocycles. The van der Waals surface area contributed by atoms with Gasteiger partial charge in [-0.3, -0.25) is 0 Å². The van der Waals surface area contributed by atoms with Crippen LogP contribution in [0, 0.1) is 0 Å². The molecule has 0 spiro atoms. The van der Waals surface area contributed by atoms with Gasteiger partial charge in [0.25, 0.3) is 5.19 Å². The lowest BCUT2D eigenvalue weighted by Gasteiger charge is -1.87. The molecule has 0 bridgehead atoms. The molecule has 0 saturated carbocycles. The minimum atomic E-state index is 0.561. The Hall–Kier alpha value is -0.900. The number of ether oxygens (including phenoxy) is 1. The van der Waals surface area contributed by atoms with Crippen molar-refractivity contribution in [1.29, 1.82) is 0 Å². The van der Waals surface area contributed by atoms with Crippen molar-refractivity contribution in [2.24, 2.45) is 0 Å². The molecule has 0 aliphatic heterocycles. The lowest BCUT2D eigenvalue weighted by molar-refractivity contribution is -0.107. The summed E-state index contributed by atoms with van der Waals surface area (Å²) in [4.78, 5) is 15.1. The van der Waals surface area contributed by atoms with Crippen molar-refractivity contribution in [3.05, 3.63) is 11.1 Å². The van der Waals surface area contributed by atoms with Gasteiger partial charge < -0.3 is 9.53 Å². The molecule has 0 N–H and O–H groups in total. The zero-order chi connectivity index (χ0) is 8.10. The Morgan fingerprint density at radius 1 is 1.82 bits per heavy atom. The highest BCUT2D eigenvalue weighted by Crippen LogP contribution is 2.20. The number of aldehydes is 1. The molecule has 1 aromatic rings. The molecule has 1 aromatic heterocycles. The summed E-state index contributed by atoms with van der Waals surface area (Å²) in [6.45, 7) is 0. The number of aryl methyl sites for hydroxylation is 1. The molecule has 0 aliphatic carbocycles. The molecule has 0 radical (unpaired) electrons. The summed E-state index contributed by atoms with van der Waals surface area (Å²) in [5, 5.41) is 0.658. The normalized spacial score (nSPS) is 9.55. The molecule has 0 unspecified atom stereocenters. The summed E-state index contributed by atoms with van der Waals surface area (Å²) in [6.07, 6.45) is 3.98. The number of thiazole rings is 1. The molecule has 3 nitrogen and oxygen atoms in total. The maximum atomic E-state index is 10.0. The van der Waals surface area contributed by atoms with E-state index in [1.54, 1.807) is 13.3 Å². The van der Waals surface area contributed by atoms with Crippen LogP contribution in [0.2, 0.25) is 0 Å². The predicted molar refractivity (Wildman–Crippen MR) is 43.1 cm³/mol. The summed E-state index contributed by atoms with van der Waals surface area (Å²) >= 11 is 1.48. The van der Waals surface area contributed by atoms with E-state index in [4.69, 9.17) is 4.74 Å². The molecule has 0 amide bonds. The Morgan fingerprint density at radius 2 is 2.64 bits per heavy atom. The molecule has 1 rings (SSSR count). The maximum Gasteiger partial charge on any atom is 0.273 e. The van der Waals surface area contributed by atoms with Crippen LogP contribution in [0.3, 0.4) is 0 Å². The molecule has 60 valence electrons. The average Bonchev–Trinajstić information content (AvgIpc) is 2.48. The summed E-state index contributed by atoms with van der Waals surface area (Å²) in [5.74, 6) is 0. The van der Waals surface area contributed by atoms with E-state index in [1.165, 1.54) is 11.3 Å². The predicted octanol–water partition coefficient (Wildman–Crippen LogP) is 1.28. The van der Waals surface area contributed by atoms with Gasteiger partial charge in [-0.1, -0.05) is 11.3 Å². The van der Waals surface area contributed by atoms with Gasteiger partial charge >= 0.3 is 0 Å². The van der Waals surface area contributed by atoms with Gasteiger partial charge in [0.05, 0.1) is 7.11 Å². The zero-order valence-electron chi connectivity index (χ0n) is 6.24. The first-order valence-corrected chi connectivity index (χ1v) is 4.11. The van der Waals surface area contributed by atoms with Crippen LogP contribution in [0.25, 0.3) is 0 Å². The fourth-order valence-corrected chi connectivity index (χ4v) is 1.44. The highest BCUT2D eigenvalue weighted by molar-refractivity contribution is 7.13. The van der Waals surface area contributed by atoms with E-state index in [2.05, 4.69) is 4.98 Å². The van der Waals surface area contributed by atoms with Crippen LogP contribution >= 0.6 is 11.3 Å². The molecule has 0 fully saturated rings. The van der Waals surface area contributed by atoms with Crippen molar-refractivity contribution in [3.63, 3.8) is 0 Å². The van der Waals surface area contributed by atoms with Gasteiger partial charge in [-0.05, 0) is 6.42 Å². The van der Waals surface area contributed by atoms with Crippen molar-refractivity contribution in [1.82, 2.24) is 4.98 Å². The third-order valence-electron chi connectivity index (χ3n) is 1.22. The SMILES string of the molecule is COc1ncc(CCC=O)s1. The number of nitrogens with zero attached hydrogens (tertiary/aromatic N) is 1. The number of methoxy groups -OCH3 is 1. The smallest absolute Gasteiger partial charge is 0.273 e. The highest BCUT2D eigenvalue weighted by atomic mass is 32.1. The van der Waals surface area contributed by atoms with Gasteiger partial charge in [-0.25, -0.2) is 4.98 Å². The Bertz CT molecular complexity index is 234. The summed E-state index contributed by atoms with van der Waals surface area (Å²) in [6, 6.07) is 0. The molecule has 11 heavy (non-hydrogen) atoms. The van der Waals surface area contributed by atoms with Crippen LogP contribution in [0.4, 0.5) is 0 Å². The van der Waals surface area contributed by atoms with Crippen LogP contribution in [0.15, 0.2) is 6.20 Å². The topological polar surface area (TPSA) is 39.2 Å². The lowest BCUT2D eigenvalue weighted by atomic mass is 10.3. The van der Waals surface area contributed by atoms with Crippen molar-refractivity contribution >= 4 is 17.6 Å². The first-order valence-electron chi connectivity index (χ1n) is 3.29. The number of hydrogen-bond donors (Lipinski definition) is 0. The second-order valence-electron chi connectivity index (χ2n) is 2.00. The number of aromatic nitrogens is 1. The van der Waals surface area contributed by atoms with E-state index in [-0.39, 0.29) is 0 Å².